The molecule has 0 aromatic heterocycles. The predicted octanol–water partition coefficient (Wildman–Crippen LogP) is 2.64. The number of amides is 2. The van der Waals surface area contributed by atoms with Crippen LogP contribution in [0.2, 0.25) is 0 Å². The first-order valence-corrected chi connectivity index (χ1v) is 13.6. The van der Waals surface area contributed by atoms with Crippen LogP contribution in [0.5, 0.6) is 0 Å². The Bertz CT molecular complexity index is 804. The summed E-state index contributed by atoms with van der Waals surface area (Å²) in [6.45, 7) is 8.54. The first kappa shape index (κ1) is 28.2. The second-order valence-corrected chi connectivity index (χ2v) is 10.7. The first-order valence-electron chi connectivity index (χ1n) is 13.6. The molecule has 0 spiro atoms. The van der Waals surface area contributed by atoms with Crippen molar-refractivity contribution in [3.05, 3.63) is 0 Å². The van der Waals surface area contributed by atoms with Crippen LogP contribution in [-0.4, -0.2) is 91.4 Å². The molecule has 202 valence electrons. The van der Waals surface area contributed by atoms with Crippen LogP contribution in [0.25, 0.3) is 0 Å². The second-order valence-electron chi connectivity index (χ2n) is 10.7. The number of aliphatic imine (C=N–C) groups is 1. The Balaban J connectivity index is 1.88. The predicted molar refractivity (Wildman–Crippen MR) is 137 cm³/mol. The second kappa shape index (κ2) is 13.2. The van der Waals surface area contributed by atoms with E-state index in [0.717, 1.165) is 38.8 Å². The summed E-state index contributed by atoms with van der Waals surface area (Å²) in [5, 5.41) is 15.9. The number of ether oxygens (including phenoxy) is 2. The van der Waals surface area contributed by atoms with E-state index in [4.69, 9.17) is 14.5 Å². The van der Waals surface area contributed by atoms with Crippen LogP contribution in [0, 0.1) is 17.2 Å². The van der Waals surface area contributed by atoms with E-state index in [1.54, 1.807) is 6.92 Å². The van der Waals surface area contributed by atoms with E-state index in [1.165, 1.54) is 6.42 Å². The van der Waals surface area contributed by atoms with Crippen LogP contribution in [0.3, 0.4) is 0 Å². The van der Waals surface area contributed by atoms with Gasteiger partial charge in [0.1, 0.15) is 11.6 Å². The molecule has 10 heteroatoms. The minimum atomic E-state index is -0.888. The largest absolute Gasteiger partial charge is 0.450 e. The van der Waals surface area contributed by atoms with Crippen molar-refractivity contribution in [3.63, 3.8) is 0 Å². The van der Waals surface area contributed by atoms with E-state index in [2.05, 4.69) is 21.6 Å². The number of guanidine groups is 1. The third kappa shape index (κ3) is 8.07. The van der Waals surface area contributed by atoms with Gasteiger partial charge < -0.3 is 24.6 Å². The third-order valence-corrected chi connectivity index (χ3v) is 7.49. The summed E-state index contributed by atoms with van der Waals surface area (Å²) >= 11 is 0. The zero-order chi connectivity index (χ0) is 26.1. The maximum atomic E-state index is 13.7. The van der Waals surface area contributed by atoms with Crippen molar-refractivity contribution in [1.82, 2.24) is 20.4 Å². The van der Waals surface area contributed by atoms with Crippen molar-refractivity contribution in [3.8, 4) is 6.07 Å². The third-order valence-electron chi connectivity index (χ3n) is 7.49. The van der Waals surface area contributed by atoms with Crippen LogP contribution in [0.4, 0.5) is 4.79 Å². The topological polar surface area (TPSA) is 119 Å². The fraction of sp³-hybridized carbons (Fsp3) is 0.846. The lowest BCUT2D eigenvalue weighted by molar-refractivity contribution is -0.124. The molecule has 3 aliphatic rings. The fourth-order valence-corrected chi connectivity index (χ4v) is 5.49. The number of piperidine rings is 1. The van der Waals surface area contributed by atoms with Gasteiger partial charge in [-0.25, -0.2) is 9.79 Å². The number of rotatable bonds is 6. The number of nitriles is 1. The Hall–Kier alpha value is -2.38. The highest BCUT2D eigenvalue weighted by Crippen LogP contribution is 2.29. The lowest BCUT2D eigenvalue weighted by Crippen LogP contribution is -2.57. The lowest BCUT2D eigenvalue weighted by atomic mass is 9.84. The molecule has 3 fully saturated rings. The van der Waals surface area contributed by atoms with Crippen LogP contribution >= 0.6 is 0 Å². The van der Waals surface area contributed by atoms with Gasteiger partial charge in [-0.15, -0.1) is 0 Å². The van der Waals surface area contributed by atoms with Gasteiger partial charge in [0.05, 0.1) is 24.9 Å². The van der Waals surface area contributed by atoms with Gasteiger partial charge in [0.2, 0.25) is 11.9 Å². The average molecular weight is 505 g/mol. The minimum absolute atomic E-state index is 0.0466. The zero-order valence-electron chi connectivity index (χ0n) is 22.4. The molecule has 1 saturated carbocycles. The summed E-state index contributed by atoms with van der Waals surface area (Å²) in [4.78, 5) is 35.2. The van der Waals surface area contributed by atoms with Gasteiger partial charge in [-0.3, -0.25) is 10.1 Å². The maximum absolute atomic E-state index is 13.7. The molecule has 36 heavy (non-hydrogen) atoms. The van der Waals surface area contributed by atoms with Gasteiger partial charge in [0.25, 0.3) is 0 Å². The molecule has 0 aromatic rings. The van der Waals surface area contributed by atoms with E-state index in [9.17, 15) is 14.9 Å². The fourth-order valence-electron chi connectivity index (χ4n) is 5.49. The Morgan fingerprint density at radius 2 is 1.81 bits per heavy atom. The highest BCUT2D eigenvalue weighted by molar-refractivity contribution is 5.96. The molecule has 2 aliphatic heterocycles. The normalized spacial score (nSPS) is 26.5. The van der Waals surface area contributed by atoms with Crippen molar-refractivity contribution in [2.24, 2.45) is 10.9 Å². The monoisotopic (exact) mass is 504 g/mol. The number of nitrogens with one attached hydrogen (secondary N) is 2. The van der Waals surface area contributed by atoms with Crippen LogP contribution in [-0.2, 0) is 14.3 Å². The summed E-state index contributed by atoms with van der Waals surface area (Å²) in [5.74, 6) is 0.477. The van der Waals surface area contributed by atoms with Crippen LogP contribution in [0.15, 0.2) is 4.99 Å². The van der Waals surface area contributed by atoms with Gasteiger partial charge in [-0.2, -0.15) is 5.26 Å². The van der Waals surface area contributed by atoms with E-state index in [1.807, 2.05) is 25.8 Å². The van der Waals surface area contributed by atoms with E-state index in [-0.39, 0.29) is 24.7 Å². The summed E-state index contributed by atoms with van der Waals surface area (Å²) < 4.78 is 11.0. The molecule has 0 aromatic carbocycles. The molecule has 2 heterocycles. The molecule has 10 nitrogen and oxygen atoms in total. The number of hydrogen-bond donors (Lipinski definition) is 2. The van der Waals surface area contributed by atoms with Gasteiger partial charge in [0.15, 0.2) is 0 Å². The summed E-state index contributed by atoms with van der Waals surface area (Å²) in [7, 11) is 2.02. The Labute approximate surface area is 215 Å². The molecular weight excluding hydrogens is 460 g/mol. The Morgan fingerprint density at radius 3 is 2.39 bits per heavy atom. The molecule has 0 radical (unpaired) electrons. The molecule has 1 aliphatic carbocycles. The molecule has 3 atom stereocenters. The number of carbonyl (C=O) groups excluding carboxylic acids is 2. The van der Waals surface area contributed by atoms with Crippen molar-refractivity contribution >= 4 is 18.0 Å². The highest BCUT2D eigenvalue weighted by Gasteiger charge is 2.38. The molecule has 0 unspecified atom stereocenters. The van der Waals surface area contributed by atoms with Crippen molar-refractivity contribution in [2.45, 2.75) is 95.9 Å². The lowest BCUT2D eigenvalue weighted by Gasteiger charge is -2.38. The number of alkyl carbamates (subject to hydrolysis) is 1. The Morgan fingerprint density at radius 1 is 1.17 bits per heavy atom. The summed E-state index contributed by atoms with van der Waals surface area (Å²) in [6.07, 6.45) is 6.74. The van der Waals surface area contributed by atoms with Crippen LogP contribution < -0.4 is 10.6 Å². The average Bonchev–Trinajstić information content (AvgIpc) is 2.85. The number of carbonyl (C=O) groups is 2. The quantitative estimate of drug-likeness (QED) is 0.422. The molecule has 2 N–H and O–H groups in total. The molecule has 2 saturated heterocycles. The van der Waals surface area contributed by atoms with Gasteiger partial charge in [-0.05, 0) is 53.0 Å². The number of likely N-dealkylation sites (tertiary alicyclic amines) is 1. The molecule has 3 rings (SSSR count). The van der Waals surface area contributed by atoms with E-state index < -0.39 is 17.7 Å². The first-order chi connectivity index (χ1) is 17.2. The number of morpholine rings is 1. The maximum Gasteiger partial charge on any atom is 0.413 e. The van der Waals surface area contributed by atoms with E-state index >= 15 is 0 Å². The number of hydrogen-bond acceptors (Lipinski definition) is 7. The standard InChI is InChI=1S/C26H44N6O4/c1-5-35-25(34)29-24(32-16-19(2)36-20(3)17-32)28-22(15-21-9-7-6-8-10-21)23(33)30-26(18-27)11-13-31(4)14-12-26/h19-22H,5-17H2,1-4H3,(H,30,33)(H,28,29,34)/t19-,20+,22-/m0/s1. The summed E-state index contributed by atoms with van der Waals surface area (Å²) in [6, 6.07) is 1.68. The Kier molecular flexibility index (Phi) is 10.4. The zero-order valence-corrected chi connectivity index (χ0v) is 22.4. The van der Waals surface area contributed by atoms with Crippen molar-refractivity contribution in [1.29, 1.82) is 5.26 Å². The molecular formula is C26H44N6O4. The van der Waals surface area contributed by atoms with Gasteiger partial charge in [0, 0.05) is 26.2 Å². The SMILES string of the molecule is CCOC(=O)NC(=N[C@@H](CC1CCCCC1)C(=O)NC1(C#N)CCN(C)CC1)N1C[C@@H](C)O[C@@H](C)C1. The number of nitrogens with zero attached hydrogens (tertiary/aromatic N) is 4. The van der Waals surface area contributed by atoms with Gasteiger partial charge >= 0.3 is 6.09 Å². The molecule has 0 bridgehead atoms. The summed E-state index contributed by atoms with van der Waals surface area (Å²) in [5.41, 5.74) is -0.888. The smallest absolute Gasteiger partial charge is 0.413 e. The minimum Gasteiger partial charge on any atom is -0.450 e. The van der Waals surface area contributed by atoms with E-state index in [0.29, 0.717) is 44.2 Å². The van der Waals surface area contributed by atoms with Crippen molar-refractivity contribution < 1.29 is 19.1 Å². The molecule has 2 amide bonds. The van der Waals surface area contributed by atoms with Crippen molar-refractivity contribution in [2.75, 3.05) is 39.8 Å². The van der Waals surface area contributed by atoms with Crippen LogP contribution in [0.1, 0.15) is 72.1 Å². The highest BCUT2D eigenvalue weighted by atomic mass is 16.5. The van der Waals surface area contributed by atoms with Gasteiger partial charge in [-0.1, -0.05) is 32.1 Å².